The average molecular weight is 369 g/mol. The van der Waals surface area contributed by atoms with Crippen LogP contribution < -0.4 is 10.6 Å². The number of amides is 1. The summed E-state index contributed by atoms with van der Waals surface area (Å²) in [6.45, 7) is 1.46. The van der Waals surface area contributed by atoms with E-state index in [0.717, 1.165) is 21.2 Å². The van der Waals surface area contributed by atoms with Crippen LogP contribution in [0.5, 0.6) is 0 Å². The summed E-state index contributed by atoms with van der Waals surface area (Å²) in [6, 6.07) is 7.35. The molecule has 112 valence electrons. The minimum absolute atomic E-state index is 0.0552. The summed E-state index contributed by atoms with van der Waals surface area (Å²) in [7, 11) is 3.95. The van der Waals surface area contributed by atoms with Gasteiger partial charge in [0.25, 0.3) is 5.91 Å². The van der Waals surface area contributed by atoms with E-state index in [1.807, 2.05) is 31.1 Å². The van der Waals surface area contributed by atoms with E-state index in [1.54, 1.807) is 18.3 Å². The zero-order valence-electron chi connectivity index (χ0n) is 11.9. The van der Waals surface area contributed by atoms with Gasteiger partial charge in [-0.2, -0.15) is 0 Å². The fourth-order valence-corrected chi connectivity index (χ4v) is 2.76. The lowest BCUT2D eigenvalue weighted by atomic mass is 10.2. The lowest BCUT2D eigenvalue weighted by Gasteiger charge is -2.10. The first-order chi connectivity index (χ1) is 10.0. The normalized spacial score (nSPS) is 10.7. The molecule has 0 radical (unpaired) electrons. The van der Waals surface area contributed by atoms with Gasteiger partial charge >= 0.3 is 0 Å². The third-order valence-corrected chi connectivity index (χ3v) is 4.11. The van der Waals surface area contributed by atoms with E-state index in [0.29, 0.717) is 12.1 Å². The Morgan fingerprint density at radius 1 is 1.33 bits per heavy atom. The molecule has 5 nitrogen and oxygen atoms in total. The van der Waals surface area contributed by atoms with Gasteiger partial charge in [0.2, 0.25) is 0 Å². The number of benzene rings is 1. The summed E-state index contributed by atoms with van der Waals surface area (Å²) in [5.74, 6) is -0.0552. The first-order valence-corrected chi connectivity index (χ1v) is 8.07. The minimum atomic E-state index is -0.0552. The number of likely N-dealkylation sites (N-methyl/N-ethyl adjacent to an activating group) is 1. The monoisotopic (exact) mass is 368 g/mol. The van der Waals surface area contributed by atoms with Gasteiger partial charge in [0.15, 0.2) is 5.13 Å². The van der Waals surface area contributed by atoms with Gasteiger partial charge in [-0.15, -0.1) is 0 Å². The van der Waals surface area contributed by atoms with Crippen LogP contribution in [0.15, 0.2) is 34.2 Å². The molecule has 1 aromatic heterocycles. The smallest absolute Gasteiger partial charge is 0.251 e. The van der Waals surface area contributed by atoms with Gasteiger partial charge in [0.05, 0.1) is 9.98 Å². The molecule has 7 heteroatoms. The van der Waals surface area contributed by atoms with Crippen molar-refractivity contribution in [3.63, 3.8) is 0 Å². The molecule has 0 unspecified atom stereocenters. The van der Waals surface area contributed by atoms with Gasteiger partial charge in [-0.05, 0) is 54.3 Å². The molecular weight excluding hydrogens is 352 g/mol. The van der Waals surface area contributed by atoms with Crippen LogP contribution in [-0.4, -0.2) is 43.0 Å². The Balaban J connectivity index is 1.90. The number of hydrogen-bond acceptors (Lipinski definition) is 5. The zero-order valence-corrected chi connectivity index (χ0v) is 14.3. The van der Waals surface area contributed by atoms with Crippen molar-refractivity contribution in [2.75, 3.05) is 32.5 Å². The van der Waals surface area contributed by atoms with Crippen LogP contribution in [0, 0.1) is 0 Å². The number of carbonyl (C=O) groups excluding carboxylic acids is 1. The van der Waals surface area contributed by atoms with Crippen molar-refractivity contribution < 1.29 is 4.79 Å². The van der Waals surface area contributed by atoms with E-state index in [9.17, 15) is 4.79 Å². The number of halogens is 1. The van der Waals surface area contributed by atoms with Crippen molar-refractivity contribution in [1.82, 2.24) is 15.2 Å². The van der Waals surface area contributed by atoms with Gasteiger partial charge in [-0.1, -0.05) is 11.3 Å². The Labute approximate surface area is 136 Å². The van der Waals surface area contributed by atoms with Crippen LogP contribution in [0.4, 0.5) is 10.8 Å². The second-order valence-electron chi connectivity index (χ2n) is 4.73. The molecule has 0 fully saturated rings. The molecule has 0 atom stereocenters. The molecular formula is C14H17BrN4OS. The summed E-state index contributed by atoms with van der Waals surface area (Å²) < 4.78 is 0.974. The quantitative estimate of drug-likeness (QED) is 0.822. The Kier molecular flexibility index (Phi) is 5.72. The van der Waals surface area contributed by atoms with Crippen LogP contribution in [0.25, 0.3) is 0 Å². The van der Waals surface area contributed by atoms with E-state index in [1.165, 1.54) is 11.3 Å². The molecule has 0 aliphatic carbocycles. The number of thiazole rings is 1. The highest BCUT2D eigenvalue weighted by Gasteiger charge is 2.05. The topological polar surface area (TPSA) is 57.3 Å². The molecule has 0 spiro atoms. The van der Waals surface area contributed by atoms with Crippen molar-refractivity contribution in [3.8, 4) is 0 Å². The SMILES string of the molecule is CN(C)CCNC(=O)c1ccc(Nc2ncc(Br)s2)cc1. The van der Waals surface area contributed by atoms with Gasteiger partial charge in [-0.3, -0.25) is 4.79 Å². The molecule has 2 N–H and O–H groups in total. The zero-order chi connectivity index (χ0) is 15.2. The maximum Gasteiger partial charge on any atom is 0.251 e. The first-order valence-electron chi connectivity index (χ1n) is 6.46. The number of aromatic nitrogens is 1. The second kappa shape index (κ2) is 7.53. The predicted molar refractivity (Wildman–Crippen MR) is 90.4 cm³/mol. The van der Waals surface area contributed by atoms with E-state index in [-0.39, 0.29) is 5.91 Å². The third kappa shape index (κ3) is 5.11. The van der Waals surface area contributed by atoms with E-state index in [4.69, 9.17) is 0 Å². The van der Waals surface area contributed by atoms with Crippen LogP contribution in [0.3, 0.4) is 0 Å². The summed E-state index contributed by atoms with van der Waals surface area (Å²) >= 11 is 4.89. The fraction of sp³-hybridized carbons (Fsp3) is 0.286. The average Bonchev–Trinajstić information content (AvgIpc) is 2.84. The van der Waals surface area contributed by atoms with Crippen molar-refractivity contribution >= 4 is 44.0 Å². The van der Waals surface area contributed by atoms with Gasteiger partial charge < -0.3 is 15.5 Å². The molecule has 1 aromatic carbocycles. The van der Waals surface area contributed by atoms with Crippen LogP contribution in [0.2, 0.25) is 0 Å². The summed E-state index contributed by atoms with van der Waals surface area (Å²) in [4.78, 5) is 18.2. The standard InChI is InChI=1S/C14H17BrN4OS/c1-19(2)8-7-16-13(20)10-3-5-11(6-4-10)18-14-17-9-12(15)21-14/h3-6,9H,7-8H2,1-2H3,(H,16,20)(H,17,18). The third-order valence-electron chi connectivity index (χ3n) is 2.72. The van der Waals surface area contributed by atoms with Gasteiger partial charge in [0, 0.05) is 24.3 Å². The number of carbonyl (C=O) groups is 1. The maximum atomic E-state index is 11.9. The number of rotatable bonds is 6. The highest BCUT2D eigenvalue weighted by atomic mass is 79.9. The lowest BCUT2D eigenvalue weighted by Crippen LogP contribution is -2.31. The number of nitrogens with zero attached hydrogens (tertiary/aromatic N) is 2. The van der Waals surface area contributed by atoms with Crippen LogP contribution in [0.1, 0.15) is 10.4 Å². The Bertz CT molecular complexity index is 597. The van der Waals surface area contributed by atoms with E-state index in [2.05, 4.69) is 31.5 Å². The first kappa shape index (κ1) is 15.9. The summed E-state index contributed by atoms with van der Waals surface area (Å²) in [5, 5.41) is 6.88. The molecule has 0 bridgehead atoms. The predicted octanol–water partition coefficient (Wildman–Crippen LogP) is 2.94. The van der Waals surface area contributed by atoms with Crippen LogP contribution >= 0.6 is 27.3 Å². The fourth-order valence-electron chi connectivity index (χ4n) is 1.64. The molecule has 0 aliphatic heterocycles. The molecule has 1 amide bonds. The molecule has 0 aliphatic rings. The number of hydrogen-bond donors (Lipinski definition) is 2. The van der Waals surface area contributed by atoms with Crippen molar-refractivity contribution in [1.29, 1.82) is 0 Å². The molecule has 0 saturated carbocycles. The molecule has 2 rings (SSSR count). The van der Waals surface area contributed by atoms with Gasteiger partial charge in [0.1, 0.15) is 0 Å². The Morgan fingerprint density at radius 2 is 2.05 bits per heavy atom. The second-order valence-corrected chi connectivity index (χ2v) is 7.14. The highest BCUT2D eigenvalue weighted by Crippen LogP contribution is 2.26. The lowest BCUT2D eigenvalue weighted by molar-refractivity contribution is 0.0951. The van der Waals surface area contributed by atoms with Crippen molar-refractivity contribution in [2.24, 2.45) is 0 Å². The van der Waals surface area contributed by atoms with E-state index < -0.39 is 0 Å². The molecule has 0 saturated heterocycles. The minimum Gasteiger partial charge on any atom is -0.351 e. The molecule has 21 heavy (non-hydrogen) atoms. The number of nitrogens with one attached hydrogen (secondary N) is 2. The Hall–Kier alpha value is -1.44. The molecule has 1 heterocycles. The van der Waals surface area contributed by atoms with Crippen molar-refractivity contribution in [2.45, 2.75) is 0 Å². The maximum absolute atomic E-state index is 11.9. The Morgan fingerprint density at radius 3 is 2.62 bits per heavy atom. The van der Waals surface area contributed by atoms with Crippen molar-refractivity contribution in [3.05, 3.63) is 39.8 Å². The summed E-state index contributed by atoms with van der Waals surface area (Å²) in [5.41, 5.74) is 1.56. The summed E-state index contributed by atoms with van der Waals surface area (Å²) in [6.07, 6.45) is 1.75. The highest BCUT2D eigenvalue weighted by molar-refractivity contribution is 9.11. The van der Waals surface area contributed by atoms with Gasteiger partial charge in [-0.25, -0.2) is 4.98 Å². The largest absolute Gasteiger partial charge is 0.351 e. The number of anilines is 2. The molecule has 2 aromatic rings. The van der Waals surface area contributed by atoms with E-state index >= 15 is 0 Å². The van der Waals surface area contributed by atoms with Crippen LogP contribution in [-0.2, 0) is 0 Å².